The van der Waals surface area contributed by atoms with E-state index in [1.54, 1.807) is 0 Å². The summed E-state index contributed by atoms with van der Waals surface area (Å²) in [5.74, 6) is 0. The van der Waals surface area contributed by atoms with Crippen molar-refractivity contribution in [1.29, 1.82) is 0 Å². The molecule has 0 amide bonds. The Bertz CT molecular complexity index is 2020. The zero-order valence-corrected chi connectivity index (χ0v) is 25.2. The van der Waals surface area contributed by atoms with Crippen LogP contribution in [0.15, 0.2) is 162 Å². The maximum Gasteiger partial charge on any atom is 0.145 e. The second kappa shape index (κ2) is 11.2. The molecular formula is C40H31N3S. The maximum absolute atomic E-state index is 5.13. The van der Waals surface area contributed by atoms with Crippen LogP contribution in [0.3, 0.4) is 0 Å². The first-order valence-corrected chi connectivity index (χ1v) is 15.9. The monoisotopic (exact) mass is 585 g/mol. The van der Waals surface area contributed by atoms with Crippen LogP contribution in [0.4, 0.5) is 5.69 Å². The van der Waals surface area contributed by atoms with Gasteiger partial charge in [0.15, 0.2) is 0 Å². The highest BCUT2D eigenvalue weighted by molar-refractivity contribution is 8.00. The molecule has 8 rings (SSSR count). The van der Waals surface area contributed by atoms with Gasteiger partial charge in [-0.15, -0.1) is 0 Å². The summed E-state index contributed by atoms with van der Waals surface area (Å²) in [6, 6.07) is 51.9. The third-order valence-electron chi connectivity index (χ3n) is 8.55. The van der Waals surface area contributed by atoms with Crippen molar-refractivity contribution in [2.24, 2.45) is 4.99 Å². The molecule has 212 valence electrons. The minimum absolute atomic E-state index is 0.176. The van der Waals surface area contributed by atoms with E-state index in [1.807, 2.05) is 23.9 Å². The first-order valence-electron chi connectivity index (χ1n) is 15.0. The number of nitrogens with one attached hydrogen (secondary N) is 1. The number of aliphatic imine (C=N–C) groups is 1. The third kappa shape index (κ3) is 4.87. The molecule has 2 heterocycles. The Hall–Kier alpha value is -5.06. The molecule has 0 aromatic heterocycles. The van der Waals surface area contributed by atoms with Crippen molar-refractivity contribution in [3.05, 3.63) is 174 Å². The summed E-state index contributed by atoms with van der Waals surface area (Å²) in [4.78, 5) is 8.88. The van der Waals surface area contributed by atoms with Gasteiger partial charge in [0.05, 0.1) is 11.4 Å². The first-order chi connectivity index (χ1) is 21.7. The summed E-state index contributed by atoms with van der Waals surface area (Å²) in [5.41, 5.74) is 10.5. The maximum atomic E-state index is 5.13. The van der Waals surface area contributed by atoms with Gasteiger partial charge in [-0.2, -0.15) is 0 Å². The average molecular weight is 586 g/mol. The molecule has 6 aromatic carbocycles. The van der Waals surface area contributed by atoms with Crippen molar-refractivity contribution in [3.63, 3.8) is 0 Å². The van der Waals surface area contributed by atoms with Crippen molar-refractivity contribution in [2.45, 2.75) is 16.4 Å². The van der Waals surface area contributed by atoms with Crippen molar-refractivity contribution >= 4 is 39.6 Å². The first kappa shape index (κ1) is 26.6. The number of allylic oxidation sites excluding steroid dienone is 1. The van der Waals surface area contributed by atoms with E-state index in [2.05, 4.69) is 157 Å². The summed E-state index contributed by atoms with van der Waals surface area (Å²) in [6.07, 6.45) is 1.98. The van der Waals surface area contributed by atoms with Crippen molar-refractivity contribution in [1.82, 2.24) is 5.32 Å². The Balaban J connectivity index is 1.09. The molecule has 2 unspecified atom stereocenters. The van der Waals surface area contributed by atoms with E-state index in [0.717, 1.165) is 28.1 Å². The number of rotatable bonds is 5. The molecule has 0 radical (unpaired) electrons. The summed E-state index contributed by atoms with van der Waals surface area (Å²) in [7, 11) is 2.20. The van der Waals surface area contributed by atoms with E-state index in [1.165, 1.54) is 38.0 Å². The fraction of sp³-hybridized carbons (Fsp3) is 0.0750. The molecule has 2 aliphatic rings. The Kier molecular flexibility index (Phi) is 6.77. The summed E-state index contributed by atoms with van der Waals surface area (Å²) < 4.78 is 0. The van der Waals surface area contributed by atoms with Gasteiger partial charge in [0.25, 0.3) is 0 Å². The minimum atomic E-state index is -0.176. The van der Waals surface area contributed by atoms with Crippen LogP contribution in [0, 0.1) is 0 Å². The second-order valence-corrected chi connectivity index (χ2v) is 12.4. The Morgan fingerprint density at radius 3 is 2.00 bits per heavy atom. The van der Waals surface area contributed by atoms with Crippen LogP contribution in [0.5, 0.6) is 0 Å². The lowest BCUT2D eigenvalue weighted by Gasteiger charge is -2.25. The summed E-state index contributed by atoms with van der Waals surface area (Å²) >= 11 is 1.95. The predicted octanol–water partition coefficient (Wildman–Crippen LogP) is 9.88. The highest BCUT2D eigenvalue weighted by Crippen LogP contribution is 2.53. The molecule has 3 nitrogen and oxygen atoms in total. The van der Waals surface area contributed by atoms with E-state index >= 15 is 0 Å². The number of hydrogen-bond donors (Lipinski definition) is 1. The quantitative estimate of drug-likeness (QED) is 0.218. The molecule has 4 heteroatoms. The third-order valence-corrected chi connectivity index (χ3v) is 10.0. The van der Waals surface area contributed by atoms with Crippen LogP contribution < -0.4 is 10.2 Å². The molecule has 0 saturated carbocycles. The number of fused-ring (bicyclic) bond motifs is 3. The highest BCUT2D eigenvalue weighted by atomic mass is 32.2. The number of anilines is 1. The van der Waals surface area contributed by atoms with Gasteiger partial charge >= 0.3 is 0 Å². The molecule has 0 saturated heterocycles. The smallest absolute Gasteiger partial charge is 0.145 e. The fourth-order valence-electron chi connectivity index (χ4n) is 6.20. The lowest BCUT2D eigenvalue weighted by molar-refractivity contribution is 0.664. The topological polar surface area (TPSA) is 27.6 Å². The van der Waals surface area contributed by atoms with E-state index < -0.39 is 0 Å². The van der Waals surface area contributed by atoms with Gasteiger partial charge in [0.2, 0.25) is 0 Å². The normalized spacial score (nSPS) is 17.5. The lowest BCUT2D eigenvalue weighted by Crippen LogP contribution is -2.24. The number of benzene rings is 6. The fourth-order valence-corrected chi connectivity index (χ4v) is 7.63. The standard InChI is InChI=1S/C40H31N3S/c1-43-37-24-22-33-25-32(21-23-34(33)38(37)44-40(43)31-15-9-4-10-16-31)27-17-19-30(20-18-27)39-41-35(28-11-5-2-6-12-28)26-36(42-39)29-13-7-3-8-14-29/h2-26,39-41H,1H3. The lowest BCUT2D eigenvalue weighted by atomic mass is 9.98. The second-order valence-electron chi connectivity index (χ2n) is 11.3. The molecular weight excluding hydrogens is 555 g/mol. The van der Waals surface area contributed by atoms with Crippen LogP contribution in [0.1, 0.15) is 33.8 Å². The van der Waals surface area contributed by atoms with Gasteiger partial charge in [-0.05, 0) is 62.4 Å². The summed E-state index contributed by atoms with van der Waals surface area (Å²) in [6.45, 7) is 0. The number of nitrogens with zero attached hydrogens (tertiary/aromatic N) is 2. The minimum Gasteiger partial charge on any atom is -0.360 e. The largest absolute Gasteiger partial charge is 0.360 e. The zero-order chi connectivity index (χ0) is 29.5. The molecule has 0 aliphatic carbocycles. The van der Waals surface area contributed by atoms with E-state index in [0.29, 0.717) is 5.37 Å². The highest BCUT2D eigenvalue weighted by Gasteiger charge is 2.30. The Morgan fingerprint density at radius 1 is 0.614 bits per heavy atom. The Labute approximate surface area is 262 Å². The molecule has 0 bridgehead atoms. The van der Waals surface area contributed by atoms with Crippen LogP contribution in [0.2, 0.25) is 0 Å². The summed E-state index contributed by atoms with van der Waals surface area (Å²) in [5, 5.41) is 6.55. The molecule has 1 N–H and O–H groups in total. The average Bonchev–Trinajstić information content (AvgIpc) is 3.45. The van der Waals surface area contributed by atoms with Gasteiger partial charge < -0.3 is 10.2 Å². The molecule has 0 fully saturated rings. The molecule has 2 atom stereocenters. The van der Waals surface area contributed by atoms with Crippen molar-refractivity contribution < 1.29 is 0 Å². The van der Waals surface area contributed by atoms with Crippen LogP contribution in [-0.2, 0) is 0 Å². The van der Waals surface area contributed by atoms with Gasteiger partial charge in [-0.1, -0.05) is 145 Å². The predicted molar refractivity (Wildman–Crippen MR) is 186 cm³/mol. The molecule has 0 spiro atoms. The SMILES string of the molecule is CN1c2ccc3cc(-c4ccc(C5N=C(c6ccccc6)C=C(c6ccccc6)N5)cc4)ccc3c2SC1c1ccccc1. The van der Waals surface area contributed by atoms with Crippen LogP contribution >= 0.6 is 11.8 Å². The molecule has 2 aliphatic heterocycles. The zero-order valence-electron chi connectivity index (χ0n) is 24.4. The van der Waals surface area contributed by atoms with Gasteiger partial charge in [-0.25, -0.2) is 0 Å². The molecule has 44 heavy (non-hydrogen) atoms. The van der Waals surface area contributed by atoms with Gasteiger partial charge in [0, 0.05) is 17.6 Å². The molecule has 6 aromatic rings. The number of thioether (sulfide) groups is 1. The van der Waals surface area contributed by atoms with Crippen LogP contribution in [-0.4, -0.2) is 12.8 Å². The van der Waals surface area contributed by atoms with Crippen molar-refractivity contribution in [3.8, 4) is 11.1 Å². The van der Waals surface area contributed by atoms with Gasteiger partial charge in [-0.3, -0.25) is 4.99 Å². The van der Waals surface area contributed by atoms with Crippen LogP contribution in [0.25, 0.3) is 27.6 Å². The number of hydrogen-bond acceptors (Lipinski definition) is 4. The van der Waals surface area contributed by atoms with Crippen molar-refractivity contribution in [2.75, 3.05) is 11.9 Å². The van der Waals surface area contributed by atoms with E-state index in [4.69, 9.17) is 4.99 Å². The van der Waals surface area contributed by atoms with Gasteiger partial charge in [0.1, 0.15) is 11.5 Å². The van der Waals surface area contributed by atoms with E-state index in [9.17, 15) is 0 Å². The Morgan fingerprint density at radius 2 is 1.27 bits per heavy atom. The van der Waals surface area contributed by atoms with E-state index in [-0.39, 0.29) is 6.17 Å².